The Kier molecular flexibility index (Phi) is 4.16. The maximum absolute atomic E-state index is 5.33. The van der Waals surface area contributed by atoms with E-state index in [9.17, 15) is 0 Å². The van der Waals surface area contributed by atoms with E-state index in [2.05, 4.69) is 40.5 Å². The molecular formula is C16H24N2O. The standard InChI is InChI=1S/C16H24N2O/c1-19-16-9-15(10-16)17-14-7-8-18(12-14)11-13-5-3-2-4-6-13/h2-6,14-17H,7-12H2,1H3. The van der Waals surface area contributed by atoms with Gasteiger partial charge in [-0.3, -0.25) is 4.90 Å². The van der Waals surface area contributed by atoms with E-state index in [4.69, 9.17) is 4.74 Å². The van der Waals surface area contributed by atoms with Crippen molar-refractivity contribution in [3.8, 4) is 0 Å². The fourth-order valence-corrected chi connectivity index (χ4v) is 3.18. The Bertz CT molecular complexity index is 389. The minimum atomic E-state index is 0.499. The molecule has 0 amide bonds. The lowest BCUT2D eigenvalue weighted by atomic mass is 9.88. The van der Waals surface area contributed by atoms with Crippen molar-refractivity contribution in [3.05, 3.63) is 35.9 Å². The van der Waals surface area contributed by atoms with Gasteiger partial charge in [-0.05, 0) is 24.8 Å². The van der Waals surface area contributed by atoms with Crippen molar-refractivity contribution in [2.24, 2.45) is 0 Å². The number of ether oxygens (including phenoxy) is 1. The van der Waals surface area contributed by atoms with Crippen LogP contribution < -0.4 is 5.32 Å². The van der Waals surface area contributed by atoms with Gasteiger partial charge in [-0.25, -0.2) is 0 Å². The average molecular weight is 260 g/mol. The zero-order chi connectivity index (χ0) is 13.1. The third-order valence-electron chi connectivity index (χ3n) is 4.42. The van der Waals surface area contributed by atoms with Crippen LogP contribution in [0.5, 0.6) is 0 Å². The van der Waals surface area contributed by atoms with Crippen molar-refractivity contribution in [1.29, 1.82) is 0 Å². The summed E-state index contributed by atoms with van der Waals surface area (Å²) in [5, 5.41) is 3.77. The Labute approximate surface area is 115 Å². The molecular weight excluding hydrogens is 236 g/mol. The van der Waals surface area contributed by atoms with Crippen LogP contribution >= 0.6 is 0 Å². The largest absolute Gasteiger partial charge is 0.381 e. The van der Waals surface area contributed by atoms with Gasteiger partial charge in [-0.2, -0.15) is 0 Å². The maximum atomic E-state index is 5.33. The van der Waals surface area contributed by atoms with Gasteiger partial charge in [0, 0.05) is 38.8 Å². The predicted octanol–water partition coefficient (Wildman–Crippen LogP) is 2.03. The number of benzene rings is 1. The molecule has 0 aromatic heterocycles. The zero-order valence-electron chi connectivity index (χ0n) is 11.7. The van der Waals surface area contributed by atoms with Gasteiger partial charge in [-0.15, -0.1) is 0 Å². The first-order valence-electron chi connectivity index (χ1n) is 7.38. The molecule has 1 aromatic rings. The molecule has 1 unspecified atom stereocenters. The Balaban J connectivity index is 1.41. The van der Waals surface area contributed by atoms with Gasteiger partial charge in [0.2, 0.25) is 0 Å². The second-order valence-electron chi connectivity index (χ2n) is 5.90. The van der Waals surface area contributed by atoms with Crippen molar-refractivity contribution >= 4 is 0 Å². The van der Waals surface area contributed by atoms with Gasteiger partial charge in [0.15, 0.2) is 0 Å². The van der Waals surface area contributed by atoms with Gasteiger partial charge < -0.3 is 10.1 Å². The number of hydrogen-bond acceptors (Lipinski definition) is 3. The van der Waals surface area contributed by atoms with Crippen LogP contribution in [-0.2, 0) is 11.3 Å². The molecule has 2 fully saturated rings. The third-order valence-corrected chi connectivity index (χ3v) is 4.42. The third kappa shape index (κ3) is 3.35. The molecule has 0 radical (unpaired) electrons. The second kappa shape index (κ2) is 6.04. The summed E-state index contributed by atoms with van der Waals surface area (Å²) >= 11 is 0. The smallest absolute Gasteiger partial charge is 0.0601 e. The van der Waals surface area contributed by atoms with Gasteiger partial charge >= 0.3 is 0 Å². The van der Waals surface area contributed by atoms with Gasteiger partial charge in [0.25, 0.3) is 0 Å². The van der Waals surface area contributed by atoms with Crippen LogP contribution in [0.2, 0.25) is 0 Å². The maximum Gasteiger partial charge on any atom is 0.0601 e. The van der Waals surface area contributed by atoms with E-state index >= 15 is 0 Å². The highest BCUT2D eigenvalue weighted by molar-refractivity contribution is 5.14. The Morgan fingerprint density at radius 3 is 2.74 bits per heavy atom. The average Bonchev–Trinajstić information content (AvgIpc) is 2.82. The molecule has 2 aliphatic rings. The number of nitrogens with zero attached hydrogens (tertiary/aromatic N) is 1. The number of nitrogens with one attached hydrogen (secondary N) is 1. The van der Waals surface area contributed by atoms with E-state index in [-0.39, 0.29) is 0 Å². The lowest BCUT2D eigenvalue weighted by Crippen LogP contribution is -2.49. The first-order chi connectivity index (χ1) is 9.33. The van der Waals surface area contributed by atoms with Crippen molar-refractivity contribution in [3.63, 3.8) is 0 Å². The van der Waals surface area contributed by atoms with Crippen LogP contribution in [0.4, 0.5) is 0 Å². The molecule has 1 heterocycles. The molecule has 19 heavy (non-hydrogen) atoms. The highest BCUT2D eigenvalue weighted by atomic mass is 16.5. The lowest BCUT2D eigenvalue weighted by molar-refractivity contribution is 0.0145. The fraction of sp³-hybridized carbons (Fsp3) is 0.625. The van der Waals surface area contributed by atoms with Crippen LogP contribution in [-0.4, -0.2) is 43.3 Å². The molecule has 0 bridgehead atoms. The summed E-state index contributed by atoms with van der Waals surface area (Å²) in [5.41, 5.74) is 1.42. The molecule has 0 spiro atoms. The van der Waals surface area contributed by atoms with Crippen molar-refractivity contribution in [2.75, 3.05) is 20.2 Å². The van der Waals surface area contributed by atoms with E-state index in [1.54, 1.807) is 0 Å². The van der Waals surface area contributed by atoms with E-state index in [1.807, 2.05) is 7.11 Å². The molecule has 1 N–H and O–H groups in total. The summed E-state index contributed by atoms with van der Waals surface area (Å²) in [6.45, 7) is 3.49. The summed E-state index contributed by atoms with van der Waals surface area (Å²) in [4.78, 5) is 2.56. The van der Waals surface area contributed by atoms with Crippen LogP contribution in [0.3, 0.4) is 0 Å². The normalized spacial score (nSPS) is 31.3. The van der Waals surface area contributed by atoms with Crippen LogP contribution in [0, 0.1) is 0 Å². The molecule has 1 saturated carbocycles. The molecule has 1 saturated heterocycles. The summed E-state index contributed by atoms with van der Waals surface area (Å²) in [6, 6.07) is 12.1. The zero-order valence-corrected chi connectivity index (χ0v) is 11.7. The molecule has 1 aliphatic heterocycles. The number of likely N-dealkylation sites (tertiary alicyclic amines) is 1. The number of hydrogen-bond donors (Lipinski definition) is 1. The van der Waals surface area contributed by atoms with E-state index in [0.29, 0.717) is 18.2 Å². The fourth-order valence-electron chi connectivity index (χ4n) is 3.18. The molecule has 104 valence electrons. The summed E-state index contributed by atoms with van der Waals surface area (Å²) in [6.07, 6.45) is 4.15. The SMILES string of the molecule is COC1CC(NC2CCN(Cc3ccccc3)C2)C1. The summed E-state index contributed by atoms with van der Waals surface area (Å²) < 4.78 is 5.33. The highest BCUT2D eigenvalue weighted by Gasteiger charge is 2.32. The Hall–Kier alpha value is -0.900. The molecule has 1 atom stereocenters. The first kappa shape index (κ1) is 13.1. The van der Waals surface area contributed by atoms with Crippen LogP contribution in [0.15, 0.2) is 30.3 Å². The van der Waals surface area contributed by atoms with Crippen molar-refractivity contribution in [1.82, 2.24) is 10.2 Å². The van der Waals surface area contributed by atoms with E-state index in [0.717, 1.165) is 6.54 Å². The van der Waals surface area contributed by atoms with Crippen LogP contribution in [0.1, 0.15) is 24.8 Å². The molecule has 3 nitrogen and oxygen atoms in total. The summed E-state index contributed by atoms with van der Waals surface area (Å²) in [5.74, 6) is 0. The second-order valence-corrected chi connectivity index (χ2v) is 5.90. The number of methoxy groups -OCH3 is 1. The van der Waals surface area contributed by atoms with E-state index < -0.39 is 0 Å². The van der Waals surface area contributed by atoms with Gasteiger partial charge in [0.05, 0.1) is 6.10 Å². The Morgan fingerprint density at radius 1 is 1.21 bits per heavy atom. The lowest BCUT2D eigenvalue weighted by Gasteiger charge is -2.36. The molecule has 3 rings (SSSR count). The summed E-state index contributed by atoms with van der Waals surface area (Å²) in [7, 11) is 1.82. The minimum absolute atomic E-state index is 0.499. The first-order valence-corrected chi connectivity index (χ1v) is 7.38. The van der Waals surface area contributed by atoms with Gasteiger partial charge in [-0.1, -0.05) is 30.3 Å². The topological polar surface area (TPSA) is 24.5 Å². The minimum Gasteiger partial charge on any atom is -0.381 e. The van der Waals surface area contributed by atoms with Crippen molar-refractivity contribution < 1.29 is 4.74 Å². The van der Waals surface area contributed by atoms with E-state index in [1.165, 1.54) is 37.9 Å². The quantitative estimate of drug-likeness (QED) is 0.876. The van der Waals surface area contributed by atoms with Crippen molar-refractivity contribution in [2.45, 2.75) is 44.0 Å². The monoisotopic (exact) mass is 260 g/mol. The molecule has 1 aliphatic carbocycles. The Morgan fingerprint density at radius 2 is 2.00 bits per heavy atom. The predicted molar refractivity (Wildman–Crippen MR) is 77.1 cm³/mol. The van der Waals surface area contributed by atoms with Crippen LogP contribution in [0.25, 0.3) is 0 Å². The number of rotatable bonds is 5. The highest BCUT2D eigenvalue weighted by Crippen LogP contribution is 2.24. The molecule has 3 heteroatoms. The van der Waals surface area contributed by atoms with Gasteiger partial charge in [0.1, 0.15) is 0 Å². The molecule has 1 aromatic carbocycles.